The molecule has 0 radical (unpaired) electrons. The van der Waals surface area contributed by atoms with Gasteiger partial charge in [0.2, 0.25) is 0 Å². The number of aryl methyl sites for hydroxylation is 2. The van der Waals surface area contributed by atoms with E-state index in [-0.39, 0.29) is 0 Å². The maximum Gasteiger partial charge on any atom is 0.407 e. The lowest BCUT2D eigenvalue weighted by Crippen LogP contribution is -2.33. The number of hydrogen-bond acceptors (Lipinski definition) is 2. The molecule has 0 aromatic heterocycles. The Morgan fingerprint density at radius 3 is 2.67 bits per heavy atom. The molecule has 0 unspecified atom stereocenters. The van der Waals surface area contributed by atoms with Gasteiger partial charge in [0.25, 0.3) is 0 Å². The number of benzene rings is 1. The van der Waals surface area contributed by atoms with Crippen molar-refractivity contribution in [3.8, 4) is 0 Å². The molecule has 1 N–H and O–H groups in total. The molecule has 0 heterocycles. The molecule has 116 valence electrons. The molecule has 1 amide bonds. The van der Waals surface area contributed by atoms with Gasteiger partial charge in [0, 0.05) is 12.1 Å². The fourth-order valence-electron chi connectivity index (χ4n) is 1.85. The minimum atomic E-state index is -0.490. The minimum absolute atomic E-state index is 0.407. The van der Waals surface area contributed by atoms with Gasteiger partial charge < -0.3 is 10.1 Å². The average molecular weight is 310 g/mol. The lowest BCUT2D eigenvalue weighted by Gasteiger charge is -2.20. The molecule has 0 atom stereocenters. The normalized spacial score (nSPS) is 12.1. The van der Waals surface area contributed by atoms with E-state index < -0.39 is 11.7 Å². The van der Waals surface area contributed by atoms with Crippen LogP contribution in [-0.2, 0) is 11.2 Å². The summed E-state index contributed by atoms with van der Waals surface area (Å²) in [5.41, 5.74) is 4.53. The molecule has 0 aliphatic carbocycles. The van der Waals surface area contributed by atoms with Crippen molar-refractivity contribution in [2.24, 2.45) is 0 Å². The number of carbonyl (C=O) groups is 1. The third kappa shape index (κ3) is 7.76. The van der Waals surface area contributed by atoms with Gasteiger partial charge in [-0.2, -0.15) is 0 Å². The Labute approximate surface area is 132 Å². The largest absolute Gasteiger partial charge is 0.444 e. The number of nitrogens with one attached hydrogen (secondary N) is 1. The molecule has 0 bridgehead atoms. The van der Waals surface area contributed by atoms with E-state index in [0.717, 1.165) is 18.4 Å². The van der Waals surface area contributed by atoms with Crippen molar-refractivity contribution in [1.82, 2.24) is 5.32 Å². The maximum absolute atomic E-state index is 11.6. The highest BCUT2D eigenvalue weighted by Crippen LogP contribution is 2.12. The summed E-state index contributed by atoms with van der Waals surface area (Å²) >= 11 is 5.83. The predicted molar refractivity (Wildman–Crippen MR) is 87.7 cm³/mol. The fraction of sp³-hybridized carbons (Fsp3) is 0.471. The van der Waals surface area contributed by atoms with Crippen molar-refractivity contribution in [3.63, 3.8) is 0 Å². The second kappa shape index (κ2) is 8.08. The summed E-state index contributed by atoms with van der Waals surface area (Å²) in [7, 11) is 0. The molecule has 1 aromatic carbocycles. The van der Waals surface area contributed by atoms with E-state index in [9.17, 15) is 4.79 Å². The van der Waals surface area contributed by atoms with Gasteiger partial charge in [0.05, 0.1) is 0 Å². The second-order valence-corrected chi connectivity index (χ2v) is 6.33. The van der Waals surface area contributed by atoms with Crippen molar-refractivity contribution < 1.29 is 9.53 Å². The molecule has 1 aromatic rings. The summed E-state index contributed by atoms with van der Waals surface area (Å²) in [6.45, 7) is 7.99. The van der Waals surface area contributed by atoms with E-state index in [1.54, 1.807) is 0 Å². The van der Waals surface area contributed by atoms with Crippen molar-refractivity contribution in [2.45, 2.75) is 46.1 Å². The minimum Gasteiger partial charge on any atom is -0.444 e. The van der Waals surface area contributed by atoms with E-state index in [4.69, 9.17) is 16.3 Å². The van der Waals surface area contributed by atoms with Crippen LogP contribution < -0.4 is 5.32 Å². The van der Waals surface area contributed by atoms with Gasteiger partial charge in [-0.25, -0.2) is 4.79 Å². The van der Waals surface area contributed by atoms with Crippen molar-refractivity contribution in [2.75, 3.05) is 6.54 Å². The number of ether oxygens (including phenoxy) is 1. The first-order valence-corrected chi connectivity index (χ1v) is 7.54. The maximum atomic E-state index is 11.6. The highest BCUT2D eigenvalue weighted by atomic mass is 35.5. The topological polar surface area (TPSA) is 38.3 Å². The van der Waals surface area contributed by atoms with Crippen LogP contribution in [0.4, 0.5) is 4.79 Å². The van der Waals surface area contributed by atoms with Crippen LogP contribution in [0, 0.1) is 6.92 Å². The smallest absolute Gasteiger partial charge is 0.407 e. The van der Waals surface area contributed by atoms with Crippen LogP contribution in [0.2, 0.25) is 0 Å². The standard InChI is InChI=1S/C17H24ClNO2/c1-13-6-5-7-14(10-13)8-9-15(11-18)12-19-16(20)21-17(2,3)4/h5-7,10-11H,8-9,12H2,1-4H3,(H,19,20)/b15-11-. The first kappa shape index (κ1) is 17.6. The summed E-state index contributed by atoms with van der Waals surface area (Å²) in [6.07, 6.45) is 1.29. The Bertz CT molecular complexity index is 504. The Balaban J connectivity index is 2.41. The molecule has 3 nitrogen and oxygen atoms in total. The van der Waals surface area contributed by atoms with Gasteiger partial charge in [-0.1, -0.05) is 41.4 Å². The van der Waals surface area contributed by atoms with Crippen LogP contribution in [0.15, 0.2) is 35.4 Å². The van der Waals surface area contributed by atoms with Gasteiger partial charge >= 0.3 is 6.09 Å². The van der Waals surface area contributed by atoms with Crippen molar-refractivity contribution in [3.05, 3.63) is 46.5 Å². The van der Waals surface area contributed by atoms with Crippen LogP contribution in [0.25, 0.3) is 0 Å². The predicted octanol–water partition coefficient (Wildman–Crippen LogP) is 4.58. The first-order chi connectivity index (χ1) is 9.80. The summed E-state index contributed by atoms with van der Waals surface area (Å²) in [5, 5.41) is 2.72. The molecular formula is C17H24ClNO2. The summed E-state index contributed by atoms with van der Waals surface area (Å²) < 4.78 is 5.19. The number of amides is 1. The monoisotopic (exact) mass is 309 g/mol. The van der Waals surface area contributed by atoms with Crippen LogP contribution >= 0.6 is 11.6 Å². The molecule has 0 aliphatic heterocycles. The van der Waals surface area contributed by atoms with Gasteiger partial charge in [-0.15, -0.1) is 0 Å². The Morgan fingerprint density at radius 1 is 1.38 bits per heavy atom. The first-order valence-electron chi connectivity index (χ1n) is 7.10. The van der Waals surface area contributed by atoms with E-state index in [0.29, 0.717) is 6.54 Å². The van der Waals surface area contributed by atoms with Crippen LogP contribution in [-0.4, -0.2) is 18.2 Å². The number of alkyl carbamates (subject to hydrolysis) is 1. The second-order valence-electron chi connectivity index (χ2n) is 6.11. The SMILES string of the molecule is Cc1cccc(CC/C(=C/Cl)CNC(=O)OC(C)(C)C)c1. The molecule has 0 saturated heterocycles. The molecule has 0 spiro atoms. The van der Waals surface area contributed by atoms with E-state index in [1.165, 1.54) is 16.7 Å². The third-order valence-electron chi connectivity index (χ3n) is 2.83. The average Bonchev–Trinajstić information content (AvgIpc) is 2.37. The molecule has 4 heteroatoms. The quantitative estimate of drug-likeness (QED) is 0.865. The highest BCUT2D eigenvalue weighted by Gasteiger charge is 2.15. The van der Waals surface area contributed by atoms with Crippen LogP contribution in [0.3, 0.4) is 0 Å². The number of halogens is 1. The highest BCUT2D eigenvalue weighted by molar-refractivity contribution is 6.25. The zero-order valence-corrected chi connectivity index (χ0v) is 14.0. The summed E-state index contributed by atoms with van der Waals surface area (Å²) in [5.74, 6) is 0. The van der Waals surface area contributed by atoms with Gasteiger partial charge in [-0.3, -0.25) is 0 Å². The van der Waals surface area contributed by atoms with Gasteiger partial charge in [0.15, 0.2) is 0 Å². The zero-order valence-electron chi connectivity index (χ0n) is 13.2. The molecule has 0 fully saturated rings. The van der Waals surface area contributed by atoms with Crippen LogP contribution in [0.1, 0.15) is 38.3 Å². The molecule has 21 heavy (non-hydrogen) atoms. The number of carbonyl (C=O) groups excluding carboxylic acids is 1. The Hall–Kier alpha value is -1.48. The molecule has 0 saturated carbocycles. The lowest BCUT2D eigenvalue weighted by molar-refractivity contribution is 0.0532. The number of hydrogen-bond donors (Lipinski definition) is 1. The Kier molecular flexibility index (Phi) is 6.76. The van der Waals surface area contributed by atoms with Crippen molar-refractivity contribution in [1.29, 1.82) is 0 Å². The zero-order chi connectivity index (χ0) is 15.9. The van der Waals surface area contributed by atoms with E-state index in [1.807, 2.05) is 26.8 Å². The summed E-state index contributed by atoms with van der Waals surface area (Å²) in [4.78, 5) is 11.6. The van der Waals surface area contributed by atoms with E-state index >= 15 is 0 Å². The van der Waals surface area contributed by atoms with E-state index in [2.05, 4.69) is 30.4 Å². The summed E-state index contributed by atoms with van der Waals surface area (Å²) in [6, 6.07) is 8.38. The number of rotatable bonds is 5. The molecule has 0 aliphatic rings. The van der Waals surface area contributed by atoms with Crippen LogP contribution in [0.5, 0.6) is 0 Å². The molecule has 1 rings (SSSR count). The lowest BCUT2D eigenvalue weighted by atomic mass is 10.0. The molecular weight excluding hydrogens is 286 g/mol. The van der Waals surface area contributed by atoms with Gasteiger partial charge in [0.1, 0.15) is 5.60 Å². The van der Waals surface area contributed by atoms with Crippen molar-refractivity contribution >= 4 is 17.7 Å². The third-order valence-corrected chi connectivity index (χ3v) is 3.14. The van der Waals surface area contributed by atoms with Gasteiger partial charge in [-0.05, 0) is 51.7 Å². The fourth-order valence-corrected chi connectivity index (χ4v) is 2.04. The Morgan fingerprint density at radius 2 is 2.10 bits per heavy atom.